The van der Waals surface area contributed by atoms with Gasteiger partial charge in [-0.1, -0.05) is 13.8 Å². The first-order chi connectivity index (χ1) is 7.32. The van der Waals surface area contributed by atoms with Gasteiger partial charge < -0.3 is 5.73 Å². The molecule has 0 aromatic heterocycles. The highest BCUT2D eigenvalue weighted by Gasteiger charge is 2.31. The fourth-order valence-electron chi connectivity index (χ4n) is 1.70. The number of rotatable bonds is 4. The molecule has 1 heterocycles. The molecule has 2 unspecified atom stereocenters. The van der Waals surface area contributed by atoms with Crippen LogP contribution in [0.1, 0.15) is 13.8 Å². The number of thioether (sulfide) groups is 1. The Kier molecular flexibility index (Phi) is 5.10. The van der Waals surface area contributed by atoms with Gasteiger partial charge in [0.15, 0.2) is 9.84 Å². The van der Waals surface area contributed by atoms with Gasteiger partial charge in [-0.2, -0.15) is 11.8 Å². The van der Waals surface area contributed by atoms with Gasteiger partial charge in [0.05, 0.1) is 0 Å². The third kappa shape index (κ3) is 3.91. The fraction of sp³-hybridized carbons (Fsp3) is 1.00. The molecule has 0 saturated carbocycles. The molecule has 1 fully saturated rings. The van der Waals surface area contributed by atoms with Crippen molar-refractivity contribution >= 4 is 21.6 Å². The minimum absolute atomic E-state index is 0.0485. The van der Waals surface area contributed by atoms with Gasteiger partial charge in [-0.05, 0) is 5.92 Å². The van der Waals surface area contributed by atoms with E-state index in [0.29, 0.717) is 18.2 Å². The predicted octanol–water partition coefficient (Wildman–Crippen LogP) is 0.389. The van der Waals surface area contributed by atoms with Gasteiger partial charge in [0.1, 0.15) is 5.37 Å². The van der Waals surface area contributed by atoms with E-state index in [4.69, 9.17) is 5.73 Å². The first-order valence-electron chi connectivity index (χ1n) is 5.58. The Morgan fingerprint density at radius 2 is 2.12 bits per heavy atom. The molecule has 0 bridgehead atoms. The summed E-state index contributed by atoms with van der Waals surface area (Å²) in [6, 6.07) is 0.0485. The number of nitrogens with two attached hydrogens (primary N) is 1. The highest BCUT2D eigenvalue weighted by atomic mass is 32.2. The summed E-state index contributed by atoms with van der Waals surface area (Å²) in [6.45, 7) is 5.64. The van der Waals surface area contributed by atoms with Crippen molar-refractivity contribution < 1.29 is 8.42 Å². The number of hydrogen-bond donors (Lipinski definition) is 1. The van der Waals surface area contributed by atoms with Crippen LogP contribution < -0.4 is 5.73 Å². The third-order valence-electron chi connectivity index (χ3n) is 2.99. The maximum atomic E-state index is 11.7. The number of nitrogens with zero attached hydrogens (tertiary/aromatic N) is 1. The zero-order valence-corrected chi connectivity index (χ0v) is 11.9. The van der Waals surface area contributed by atoms with E-state index in [1.807, 2.05) is 4.90 Å². The maximum Gasteiger partial charge on any atom is 0.164 e. The van der Waals surface area contributed by atoms with Crippen molar-refractivity contribution in [2.45, 2.75) is 25.3 Å². The maximum absolute atomic E-state index is 11.7. The topological polar surface area (TPSA) is 63.4 Å². The van der Waals surface area contributed by atoms with Crippen LogP contribution in [0.15, 0.2) is 0 Å². The molecule has 0 amide bonds. The molecule has 6 heteroatoms. The molecule has 1 saturated heterocycles. The second kappa shape index (κ2) is 5.71. The molecule has 2 atom stereocenters. The molecule has 0 spiro atoms. The first kappa shape index (κ1) is 14.3. The SMILES string of the molecule is CC(C)C(N)CN1CCSCC1S(C)(=O)=O. The van der Waals surface area contributed by atoms with Crippen LogP contribution in [0, 0.1) is 5.92 Å². The van der Waals surface area contributed by atoms with E-state index < -0.39 is 9.84 Å². The van der Waals surface area contributed by atoms with Crippen molar-refractivity contribution in [3.8, 4) is 0 Å². The summed E-state index contributed by atoms with van der Waals surface area (Å²) >= 11 is 1.71. The van der Waals surface area contributed by atoms with Crippen LogP contribution in [-0.4, -0.2) is 55.6 Å². The van der Waals surface area contributed by atoms with Crippen molar-refractivity contribution in [2.24, 2.45) is 11.7 Å². The van der Waals surface area contributed by atoms with E-state index in [0.717, 1.165) is 12.3 Å². The zero-order valence-electron chi connectivity index (χ0n) is 10.2. The van der Waals surface area contributed by atoms with Gasteiger partial charge in [0.25, 0.3) is 0 Å². The van der Waals surface area contributed by atoms with Gasteiger partial charge in [0.2, 0.25) is 0 Å². The Labute approximate surface area is 103 Å². The summed E-state index contributed by atoms with van der Waals surface area (Å²) in [5, 5.41) is -0.351. The van der Waals surface area contributed by atoms with Gasteiger partial charge in [0, 0.05) is 36.9 Å². The van der Waals surface area contributed by atoms with Crippen LogP contribution in [0.3, 0.4) is 0 Å². The zero-order chi connectivity index (χ0) is 12.3. The summed E-state index contributed by atoms with van der Waals surface area (Å²) < 4.78 is 23.3. The number of hydrogen-bond acceptors (Lipinski definition) is 5. The van der Waals surface area contributed by atoms with Crippen molar-refractivity contribution in [2.75, 3.05) is 30.9 Å². The molecule has 1 rings (SSSR count). The number of sulfone groups is 1. The first-order valence-corrected chi connectivity index (χ1v) is 8.69. The molecule has 1 aliphatic heterocycles. The molecule has 0 radical (unpaired) electrons. The van der Waals surface area contributed by atoms with Crippen LogP contribution in [0.2, 0.25) is 0 Å². The molecule has 2 N–H and O–H groups in total. The van der Waals surface area contributed by atoms with Crippen LogP contribution in [-0.2, 0) is 9.84 Å². The molecule has 4 nitrogen and oxygen atoms in total. The Morgan fingerprint density at radius 1 is 1.50 bits per heavy atom. The van der Waals surface area contributed by atoms with Gasteiger partial charge in [-0.25, -0.2) is 8.42 Å². The molecule has 0 aliphatic carbocycles. The molecular weight excluding hydrogens is 244 g/mol. The Balaban J connectivity index is 2.68. The van der Waals surface area contributed by atoms with E-state index in [2.05, 4.69) is 13.8 Å². The fourth-order valence-corrected chi connectivity index (χ4v) is 4.65. The molecule has 1 aliphatic rings. The molecular formula is C10H22N2O2S2. The largest absolute Gasteiger partial charge is 0.326 e. The lowest BCUT2D eigenvalue weighted by atomic mass is 10.1. The summed E-state index contributed by atoms with van der Waals surface area (Å²) in [6.07, 6.45) is 1.32. The van der Waals surface area contributed by atoms with E-state index >= 15 is 0 Å². The van der Waals surface area contributed by atoms with Crippen molar-refractivity contribution in [1.29, 1.82) is 0 Å². The molecule has 16 heavy (non-hydrogen) atoms. The van der Waals surface area contributed by atoms with Crippen LogP contribution >= 0.6 is 11.8 Å². The van der Waals surface area contributed by atoms with E-state index in [9.17, 15) is 8.42 Å². The highest BCUT2D eigenvalue weighted by Crippen LogP contribution is 2.20. The van der Waals surface area contributed by atoms with Gasteiger partial charge in [-0.3, -0.25) is 4.90 Å². The predicted molar refractivity (Wildman–Crippen MR) is 70.3 cm³/mol. The standard InChI is InChI=1S/C10H22N2O2S2/c1-8(2)9(11)6-12-4-5-15-7-10(12)16(3,13)14/h8-10H,4-7,11H2,1-3H3. The van der Waals surface area contributed by atoms with Crippen molar-refractivity contribution in [3.63, 3.8) is 0 Å². The monoisotopic (exact) mass is 266 g/mol. The lowest BCUT2D eigenvalue weighted by Gasteiger charge is -2.36. The summed E-state index contributed by atoms with van der Waals surface area (Å²) in [5.74, 6) is 2.05. The van der Waals surface area contributed by atoms with Gasteiger partial charge in [-0.15, -0.1) is 0 Å². The smallest absolute Gasteiger partial charge is 0.164 e. The molecule has 0 aromatic carbocycles. The van der Waals surface area contributed by atoms with Crippen LogP contribution in [0.25, 0.3) is 0 Å². The average molecular weight is 266 g/mol. The van der Waals surface area contributed by atoms with E-state index in [1.54, 1.807) is 11.8 Å². The summed E-state index contributed by atoms with van der Waals surface area (Å²) in [4.78, 5) is 2.02. The summed E-state index contributed by atoms with van der Waals surface area (Å²) in [5.41, 5.74) is 6.01. The second-order valence-corrected chi connectivity index (χ2v) is 8.11. The Bertz CT molecular complexity index is 317. The minimum atomic E-state index is -3.00. The molecule has 96 valence electrons. The lowest BCUT2D eigenvalue weighted by molar-refractivity contribution is 0.235. The Hall–Kier alpha value is 0.220. The van der Waals surface area contributed by atoms with E-state index in [1.165, 1.54) is 6.26 Å². The van der Waals surface area contributed by atoms with E-state index in [-0.39, 0.29) is 11.4 Å². The lowest BCUT2D eigenvalue weighted by Crippen LogP contribution is -2.52. The normalized spacial score (nSPS) is 25.9. The Morgan fingerprint density at radius 3 is 2.62 bits per heavy atom. The average Bonchev–Trinajstić information content (AvgIpc) is 2.16. The van der Waals surface area contributed by atoms with Crippen LogP contribution in [0.4, 0.5) is 0 Å². The van der Waals surface area contributed by atoms with Gasteiger partial charge >= 0.3 is 0 Å². The van der Waals surface area contributed by atoms with Crippen molar-refractivity contribution in [1.82, 2.24) is 4.90 Å². The highest BCUT2D eigenvalue weighted by molar-refractivity contribution is 8.00. The van der Waals surface area contributed by atoms with Crippen molar-refractivity contribution in [3.05, 3.63) is 0 Å². The third-order valence-corrected chi connectivity index (χ3v) is 5.67. The summed E-state index contributed by atoms with van der Waals surface area (Å²) in [7, 11) is -3.00. The van der Waals surface area contributed by atoms with Crippen LogP contribution in [0.5, 0.6) is 0 Å². The quantitative estimate of drug-likeness (QED) is 0.797. The minimum Gasteiger partial charge on any atom is -0.326 e. The molecule has 0 aromatic rings. The second-order valence-electron chi connectivity index (χ2n) is 4.76.